The Morgan fingerprint density at radius 2 is 2.00 bits per heavy atom. The molecule has 1 aromatic heterocycles. The standard InChI is InChI=1S/C19H17FN2O2S/c20-13-9-7-12(8-10-13)17(22-11-3-5-15(22)19(23)24)18-21-14-4-1-2-6-16(14)25-18/h1-2,4,6-10,15,17H,3,5,11H2,(H,23,24). The minimum atomic E-state index is -0.814. The second-order valence-corrected chi connectivity index (χ2v) is 7.27. The van der Waals surface area contributed by atoms with E-state index in [1.807, 2.05) is 29.2 Å². The summed E-state index contributed by atoms with van der Waals surface area (Å²) in [5, 5.41) is 10.4. The van der Waals surface area contributed by atoms with E-state index in [-0.39, 0.29) is 11.9 Å². The van der Waals surface area contributed by atoms with Gasteiger partial charge in [-0.3, -0.25) is 9.69 Å². The molecule has 0 aliphatic carbocycles. The molecule has 0 spiro atoms. The molecule has 0 saturated carbocycles. The van der Waals surface area contributed by atoms with Gasteiger partial charge in [0.1, 0.15) is 16.9 Å². The fourth-order valence-corrected chi connectivity index (χ4v) is 4.61. The van der Waals surface area contributed by atoms with Crippen LogP contribution >= 0.6 is 11.3 Å². The Labute approximate surface area is 148 Å². The fraction of sp³-hybridized carbons (Fsp3) is 0.263. The van der Waals surface area contributed by atoms with Gasteiger partial charge < -0.3 is 5.11 Å². The van der Waals surface area contributed by atoms with Crippen LogP contribution in [-0.2, 0) is 4.79 Å². The molecular formula is C19H17FN2O2S. The molecule has 1 aliphatic rings. The highest BCUT2D eigenvalue weighted by molar-refractivity contribution is 7.18. The van der Waals surface area contributed by atoms with Gasteiger partial charge in [0.05, 0.1) is 16.3 Å². The predicted molar refractivity (Wildman–Crippen MR) is 95.2 cm³/mol. The molecule has 25 heavy (non-hydrogen) atoms. The number of carboxylic acid groups (broad SMARTS) is 1. The summed E-state index contributed by atoms with van der Waals surface area (Å²) in [6, 6.07) is 13.3. The van der Waals surface area contributed by atoms with Gasteiger partial charge in [-0.05, 0) is 42.7 Å². The zero-order chi connectivity index (χ0) is 17.4. The van der Waals surface area contributed by atoms with E-state index in [4.69, 9.17) is 4.98 Å². The number of hydrogen-bond acceptors (Lipinski definition) is 4. The van der Waals surface area contributed by atoms with E-state index in [9.17, 15) is 14.3 Å². The van der Waals surface area contributed by atoms with Gasteiger partial charge in [-0.25, -0.2) is 9.37 Å². The van der Waals surface area contributed by atoms with Crippen molar-refractivity contribution >= 4 is 27.5 Å². The van der Waals surface area contributed by atoms with Crippen molar-refractivity contribution in [1.29, 1.82) is 0 Å². The molecule has 0 radical (unpaired) electrons. The number of nitrogens with zero attached hydrogens (tertiary/aromatic N) is 2. The molecular weight excluding hydrogens is 339 g/mol. The molecule has 4 rings (SSSR count). The van der Waals surface area contributed by atoms with Gasteiger partial charge in [-0.15, -0.1) is 11.3 Å². The maximum Gasteiger partial charge on any atom is 0.320 e. The molecule has 6 heteroatoms. The highest BCUT2D eigenvalue weighted by Gasteiger charge is 2.38. The van der Waals surface area contributed by atoms with E-state index < -0.39 is 12.0 Å². The summed E-state index contributed by atoms with van der Waals surface area (Å²) < 4.78 is 14.4. The van der Waals surface area contributed by atoms with E-state index in [0.717, 1.165) is 27.2 Å². The van der Waals surface area contributed by atoms with E-state index in [1.165, 1.54) is 12.1 Å². The Balaban J connectivity index is 1.83. The normalized spacial score (nSPS) is 19.3. The molecule has 1 saturated heterocycles. The molecule has 2 aromatic carbocycles. The van der Waals surface area contributed by atoms with E-state index in [2.05, 4.69) is 0 Å². The van der Waals surface area contributed by atoms with Crippen LogP contribution in [-0.4, -0.2) is 33.5 Å². The second-order valence-electron chi connectivity index (χ2n) is 6.21. The SMILES string of the molecule is O=C(O)C1CCCN1C(c1ccc(F)cc1)c1nc2ccccc2s1. The smallest absolute Gasteiger partial charge is 0.320 e. The zero-order valence-electron chi connectivity index (χ0n) is 13.4. The number of benzene rings is 2. The first-order valence-electron chi connectivity index (χ1n) is 8.23. The minimum absolute atomic E-state index is 0.276. The van der Waals surface area contributed by atoms with Gasteiger partial charge in [-0.1, -0.05) is 24.3 Å². The van der Waals surface area contributed by atoms with Crippen molar-refractivity contribution in [3.05, 3.63) is 64.9 Å². The maximum atomic E-state index is 13.4. The van der Waals surface area contributed by atoms with E-state index in [1.54, 1.807) is 23.5 Å². The summed E-state index contributed by atoms with van der Waals surface area (Å²) in [6.45, 7) is 0.689. The van der Waals surface area contributed by atoms with Crippen molar-refractivity contribution in [1.82, 2.24) is 9.88 Å². The average molecular weight is 356 g/mol. The van der Waals surface area contributed by atoms with Crippen molar-refractivity contribution in [2.75, 3.05) is 6.54 Å². The number of fused-ring (bicyclic) bond motifs is 1. The van der Waals surface area contributed by atoms with E-state index >= 15 is 0 Å². The molecule has 1 aliphatic heterocycles. The number of carboxylic acids is 1. The minimum Gasteiger partial charge on any atom is -0.480 e. The van der Waals surface area contributed by atoms with Crippen LogP contribution in [0, 0.1) is 5.82 Å². The Hall–Kier alpha value is -2.31. The van der Waals surface area contributed by atoms with Crippen molar-refractivity contribution in [3.8, 4) is 0 Å². The van der Waals surface area contributed by atoms with Gasteiger partial charge in [-0.2, -0.15) is 0 Å². The van der Waals surface area contributed by atoms with Gasteiger partial charge in [0.2, 0.25) is 0 Å². The molecule has 0 bridgehead atoms. The summed E-state index contributed by atoms with van der Waals surface area (Å²) in [6.07, 6.45) is 1.46. The van der Waals surface area contributed by atoms with Crippen LogP contribution in [0.5, 0.6) is 0 Å². The van der Waals surface area contributed by atoms with Gasteiger partial charge in [0.15, 0.2) is 0 Å². The first-order valence-corrected chi connectivity index (χ1v) is 9.04. The van der Waals surface area contributed by atoms with Crippen molar-refractivity contribution in [3.63, 3.8) is 0 Å². The lowest BCUT2D eigenvalue weighted by molar-refractivity contribution is -0.142. The number of hydrogen-bond donors (Lipinski definition) is 1. The van der Waals surface area contributed by atoms with Crippen LogP contribution in [0.25, 0.3) is 10.2 Å². The number of halogens is 1. The molecule has 4 nitrogen and oxygen atoms in total. The Morgan fingerprint density at radius 1 is 1.24 bits per heavy atom. The number of aliphatic carboxylic acids is 1. The molecule has 3 aromatic rings. The number of likely N-dealkylation sites (tertiary alicyclic amines) is 1. The zero-order valence-corrected chi connectivity index (χ0v) is 14.2. The molecule has 128 valence electrons. The topological polar surface area (TPSA) is 53.4 Å². The number of carbonyl (C=O) groups is 1. The van der Waals surface area contributed by atoms with Crippen LogP contribution < -0.4 is 0 Å². The average Bonchev–Trinajstić information content (AvgIpc) is 3.24. The van der Waals surface area contributed by atoms with Gasteiger partial charge >= 0.3 is 5.97 Å². The highest BCUT2D eigenvalue weighted by atomic mass is 32.1. The maximum absolute atomic E-state index is 13.4. The predicted octanol–water partition coefficient (Wildman–Crippen LogP) is 4.07. The lowest BCUT2D eigenvalue weighted by atomic mass is 10.0. The quantitative estimate of drug-likeness (QED) is 0.765. The molecule has 1 fully saturated rings. The van der Waals surface area contributed by atoms with Crippen molar-refractivity contribution < 1.29 is 14.3 Å². The number of rotatable bonds is 4. The Kier molecular flexibility index (Phi) is 4.23. The highest BCUT2D eigenvalue weighted by Crippen LogP contribution is 2.38. The Morgan fingerprint density at radius 3 is 2.72 bits per heavy atom. The number of aromatic nitrogens is 1. The lowest BCUT2D eigenvalue weighted by Gasteiger charge is -2.30. The largest absolute Gasteiger partial charge is 0.480 e. The van der Waals surface area contributed by atoms with E-state index in [0.29, 0.717) is 13.0 Å². The van der Waals surface area contributed by atoms with Crippen molar-refractivity contribution in [2.45, 2.75) is 24.9 Å². The summed E-state index contributed by atoms with van der Waals surface area (Å²) in [7, 11) is 0. The molecule has 2 atom stereocenters. The van der Waals surface area contributed by atoms with Crippen LogP contribution in [0.15, 0.2) is 48.5 Å². The summed E-state index contributed by atoms with van der Waals surface area (Å²) >= 11 is 1.57. The van der Waals surface area contributed by atoms with Gasteiger partial charge in [0.25, 0.3) is 0 Å². The van der Waals surface area contributed by atoms with Crippen LogP contribution in [0.1, 0.15) is 29.5 Å². The Bertz CT molecular complexity index is 876. The molecule has 1 N–H and O–H groups in total. The third-order valence-electron chi connectivity index (χ3n) is 4.64. The van der Waals surface area contributed by atoms with Crippen molar-refractivity contribution in [2.24, 2.45) is 0 Å². The second kappa shape index (κ2) is 6.54. The third-order valence-corrected chi connectivity index (χ3v) is 5.73. The number of para-hydroxylation sites is 1. The van der Waals surface area contributed by atoms with Crippen LogP contribution in [0.2, 0.25) is 0 Å². The third kappa shape index (κ3) is 3.03. The van der Waals surface area contributed by atoms with Crippen LogP contribution in [0.3, 0.4) is 0 Å². The summed E-state index contributed by atoms with van der Waals surface area (Å²) in [5.41, 5.74) is 1.77. The molecule has 2 unspecified atom stereocenters. The molecule has 2 heterocycles. The first kappa shape index (κ1) is 16.2. The monoisotopic (exact) mass is 356 g/mol. The summed E-state index contributed by atoms with van der Waals surface area (Å²) in [5.74, 6) is -1.12. The molecule has 0 amide bonds. The van der Waals surface area contributed by atoms with Crippen LogP contribution in [0.4, 0.5) is 4.39 Å². The lowest BCUT2D eigenvalue weighted by Crippen LogP contribution is -2.39. The first-order chi connectivity index (χ1) is 12.1. The van der Waals surface area contributed by atoms with Gasteiger partial charge in [0, 0.05) is 6.54 Å². The number of thiazole rings is 1. The summed E-state index contributed by atoms with van der Waals surface area (Å²) in [4.78, 5) is 18.4. The fourth-order valence-electron chi connectivity index (χ4n) is 3.49.